The molecule has 2 rings (SSSR count). The number of aliphatic imine (C=N–C) groups is 1. The van der Waals surface area contributed by atoms with Crippen LogP contribution >= 0.6 is 11.8 Å². The number of nitrogens with two attached hydrogens (primary N) is 1. The second-order valence-electron chi connectivity index (χ2n) is 4.29. The van der Waals surface area contributed by atoms with E-state index >= 15 is 0 Å². The van der Waals surface area contributed by atoms with Crippen LogP contribution in [0.2, 0.25) is 0 Å². The van der Waals surface area contributed by atoms with Gasteiger partial charge in [-0.25, -0.2) is 0 Å². The highest BCUT2D eigenvalue weighted by molar-refractivity contribution is 8.00. The third-order valence-electron chi connectivity index (χ3n) is 3.52. The first-order valence-corrected chi connectivity index (χ1v) is 6.55. The highest BCUT2D eigenvalue weighted by Gasteiger charge is 2.47. The van der Waals surface area contributed by atoms with E-state index in [0.29, 0.717) is 11.2 Å². The molecule has 0 aromatic rings. The molecule has 0 aliphatic carbocycles. The Morgan fingerprint density at radius 1 is 1.80 bits per heavy atom. The van der Waals surface area contributed by atoms with Gasteiger partial charge in [-0.1, -0.05) is 13.0 Å². The first kappa shape index (κ1) is 10.9. The fraction of sp³-hybridized carbons (Fsp3) is 0.727. The van der Waals surface area contributed by atoms with Crippen molar-refractivity contribution in [2.45, 2.75) is 30.6 Å². The fourth-order valence-electron chi connectivity index (χ4n) is 2.58. The van der Waals surface area contributed by atoms with Gasteiger partial charge in [-0.3, -0.25) is 4.99 Å². The summed E-state index contributed by atoms with van der Waals surface area (Å²) in [6.45, 7) is 7.78. The molecule has 3 nitrogen and oxygen atoms in total. The summed E-state index contributed by atoms with van der Waals surface area (Å²) in [6, 6.07) is 0. The lowest BCUT2D eigenvalue weighted by atomic mass is 9.88. The van der Waals surface area contributed by atoms with Crippen molar-refractivity contribution >= 4 is 17.7 Å². The van der Waals surface area contributed by atoms with E-state index in [1.807, 2.05) is 17.8 Å². The second kappa shape index (κ2) is 4.08. The molecule has 1 saturated heterocycles. The Bertz CT molecular complexity index is 290. The highest BCUT2D eigenvalue weighted by Crippen LogP contribution is 2.40. The number of thioether (sulfide) groups is 1. The topological polar surface area (TPSA) is 41.6 Å². The molecule has 2 N–H and O–H groups in total. The summed E-state index contributed by atoms with van der Waals surface area (Å²) < 4.78 is 0. The van der Waals surface area contributed by atoms with Crippen LogP contribution in [0.1, 0.15) is 19.8 Å². The number of nitrogens with zero attached hydrogens (tertiary/aromatic N) is 2. The molecule has 0 aromatic carbocycles. The van der Waals surface area contributed by atoms with Gasteiger partial charge in [-0.15, -0.1) is 6.58 Å². The lowest BCUT2D eigenvalue weighted by molar-refractivity contribution is 0.194. The van der Waals surface area contributed by atoms with Gasteiger partial charge in [0.05, 0.1) is 12.1 Å². The van der Waals surface area contributed by atoms with Crippen LogP contribution in [-0.4, -0.2) is 40.5 Å². The van der Waals surface area contributed by atoms with Gasteiger partial charge in [0.2, 0.25) is 0 Å². The van der Waals surface area contributed by atoms with Crippen molar-refractivity contribution in [1.82, 2.24) is 4.90 Å². The van der Waals surface area contributed by atoms with Gasteiger partial charge in [-0.05, 0) is 18.6 Å². The molecule has 2 aliphatic heterocycles. The molecule has 4 heteroatoms. The Balaban J connectivity index is 2.22. The maximum atomic E-state index is 5.95. The molecule has 0 amide bonds. The normalized spacial score (nSPS) is 35.7. The van der Waals surface area contributed by atoms with Gasteiger partial charge in [0.15, 0.2) is 5.96 Å². The molecule has 2 aliphatic rings. The van der Waals surface area contributed by atoms with Gasteiger partial charge in [0, 0.05) is 11.8 Å². The van der Waals surface area contributed by atoms with Crippen LogP contribution in [0.4, 0.5) is 0 Å². The van der Waals surface area contributed by atoms with Gasteiger partial charge in [0.1, 0.15) is 0 Å². The van der Waals surface area contributed by atoms with E-state index in [4.69, 9.17) is 5.73 Å². The van der Waals surface area contributed by atoms with Crippen LogP contribution < -0.4 is 5.73 Å². The van der Waals surface area contributed by atoms with Gasteiger partial charge < -0.3 is 10.6 Å². The average Bonchev–Trinajstić information content (AvgIpc) is 2.53. The fourth-order valence-corrected chi connectivity index (χ4v) is 3.87. The lowest BCUT2D eigenvalue weighted by Gasteiger charge is -2.45. The standard InChI is InChI=1S/C11H19N3S/c1-3-6-14-10(12)13-8-11(14)5-4-7-15-9(11)2/h3,9H,1,4-8H2,2H3,(H2,12,13). The highest BCUT2D eigenvalue weighted by atomic mass is 32.2. The molecule has 2 atom stereocenters. The molecule has 84 valence electrons. The average molecular weight is 225 g/mol. The summed E-state index contributed by atoms with van der Waals surface area (Å²) >= 11 is 2.04. The number of rotatable bonds is 2. The van der Waals surface area contributed by atoms with Crippen LogP contribution in [0.3, 0.4) is 0 Å². The molecule has 0 radical (unpaired) electrons. The maximum Gasteiger partial charge on any atom is 0.192 e. The smallest absolute Gasteiger partial charge is 0.192 e. The van der Waals surface area contributed by atoms with Gasteiger partial charge in [-0.2, -0.15) is 11.8 Å². The van der Waals surface area contributed by atoms with Crippen LogP contribution in [0.25, 0.3) is 0 Å². The Hall–Kier alpha value is -0.640. The summed E-state index contributed by atoms with van der Waals surface area (Å²) in [6.07, 6.45) is 4.39. The maximum absolute atomic E-state index is 5.95. The predicted molar refractivity (Wildman–Crippen MR) is 67.3 cm³/mol. The zero-order valence-electron chi connectivity index (χ0n) is 9.28. The molecule has 15 heavy (non-hydrogen) atoms. The molecule has 0 saturated carbocycles. The number of hydrogen-bond donors (Lipinski definition) is 1. The molecule has 0 aromatic heterocycles. The SMILES string of the molecule is C=CCN1C(N)=NCC12CCCSC2C. The molecule has 1 fully saturated rings. The zero-order valence-corrected chi connectivity index (χ0v) is 10.1. The summed E-state index contributed by atoms with van der Waals surface area (Å²) in [4.78, 5) is 6.67. The Morgan fingerprint density at radius 3 is 3.27 bits per heavy atom. The van der Waals surface area contributed by atoms with Crippen molar-refractivity contribution in [1.29, 1.82) is 0 Å². The minimum atomic E-state index is 0.168. The van der Waals surface area contributed by atoms with Crippen molar-refractivity contribution in [3.8, 4) is 0 Å². The van der Waals surface area contributed by atoms with E-state index in [-0.39, 0.29) is 5.54 Å². The first-order chi connectivity index (χ1) is 7.20. The zero-order chi connectivity index (χ0) is 10.9. The van der Waals surface area contributed by atoms with E-state index in [9.17, 15) is 0 Å². The minimum Gasteiger partial charge on any atom is -0.370 e. The van der Waals surface area contributed by atoms with E-state index in [1.165, 1.54) is 18.6 Å². The first-order valence-electron chi connectivity index (χ1n) is 5.51. The van der Waals surface area contributed by atoms with Gasteiger partial charge >= 0.3 is 0 Å². The van der Waals surface area contributed by atoms with E-state index in [0.717, 1.165) is 13.1 Å². The monoisotopic (exact) mass is 225 g/mol. The third-order valence-corrected chi connectivity index (χ3v) is 4.98. The molecule has 2 unspecified atom stereocenters. The van der Waals surface area contributed by atoms with E-state index in [2.05, 4.69) is 23.4 Å². The van der Waals surface area contributed by atoms with Gasteiger partial charge in [0.25, 0.3) is 0 Å². The van der Waals surface area contributed by atoms with Crippen molar-refractivity contribution in [2.75, 3.05) is 18.8 Å². The number of guanidine groups is 1. The third kappa shape index (κ3) is 1.65. The summed E-state index contributed by atoms with van der Waals surface area (Å²) in [5.41, 5.74) is 6.12. The van der Waals surface area contributed by atoms with Crippen molar-refractivity contribution in [2.24, 2.45) is 10.7 Å². The van der Waals surface area contributed by atoms with Crippen molar-refractivity contribution < 1.29 is 0 Å². The minimum absolute atomic E-state index is 0.168. The summed E-state index contributed by atoms with van der Waals surface area (Å²) in [7, 11) is 0. The van der Waals surface area contributed by atoms with Crippen molar-refractivity contribution in [3.05, 3.63) is 12.7 Å². The molecule has 2 heterocycles. The van der Waals surface area contributed by atoms with E-state index < -0.39 is 0 Å². The quantitative estimate of drug-likeness (QED) is 0.723. The Kier molecular flexibility index (Phi) is 2.96. The summed E-state index contributed by atoms with van der Waals surface area (Å²) in [5, 5.41) is 0.607. The van der Waals surface area contributed by atoms with Crippen LogP contribution in [0, 0.1) is 0 Å². The molecule has 1 spiro atoms. The number of hydrogen-bond acceptors (Lipinski definition) is 4. The molecular weight excluding hydrogens is 206 g/mol. The molecular formula is C11H19N3S. The Morgan fingerprint density at radius 2 is 2.60 bits per heavy atom. The Labute approximate surface area is 95.8 Å². The van der Waals surface area contributed by atoms with Crippen LogP contribution in [-0.2, 0) is 0 Å². The second-order valence-corrected chi connectivity index (χ2v) is 5.74. The van der Waals surface area contributed by atoms with Crippen molar-refractivity contribution in [3.63, 3.8) is 0 Å². The van der Waals surface area contributed by atoms with Crippen LogP contribution in [0.5, 0.6) is 0 Å². The summed E-state index contributed by atoms with van der Waals surface area (Å²) in [5.74, 6) is 1.97. The lowest BCUT2D eigenvalue weighted by Crippen LogP contribution is -2.58. The molecule has 0 bridgehead atoms. The predicted octanol–water partition coefficient (Wildman–Crippen LogP) is 1.46. The largest absolute Gasteiger partial charge is 0.370 e. The van der Waals surface area contributed by atoms with Crippen LogP contribution in [0.15, 0.2) is 17.6 Å². The van der Waals surface area contributed by atoms with E-state index in [1.54, 1.807) is 0 Å².